The van der Waals surface area contributed by atoms with Gasteiger partial charge in [0.2, 0.25) is 5.91 Å². The van der Waals surface area contributed by atoms with E-state index < -0.39 is 17.3 Å². The summed E-state index contributed by atoms with van der Waals surface area (Å²) in [5, 5.41) is 12.5. The zero-order chi connectivity index (χ0) is 19.9. The number of aromatic amines is 1. The molecule has 0 bridgehead atoms. The largest absolute Gasteiger partial charge is 0.347 e. The molecule has 2 N–H and O–H groups in total. The van der Waals surface area contributed by atoms with Crippen LogP contribution in [0.1, 0.15) is 42.6 Å². The minimum Gasteiger partial charge on any atom is -0.347 e. The van der Waals surface area contributed by atoms with Crippen LogP contribution in [0.4, 0.5) is 4.39 Å². The van der Waals surface area contributed by atoms with Crippen molar-refractivity contribution in [1.82, 2.24) is 15.3 Å². The highest BCUT2D eigenvalue weighted by atomic mass is 19.1. The van der Waals surface area contributed by atoms with Gasteiger partial charge in [-0.25, -0.2) is 4.39 Å². The molecule has 4 rings (SSSR count). The number of fused-ring (bicyclic) bond motifs is 1. The Morgan fingerprint density at radius 3 is 2.82 bits per heavy atom. The molecule has 0 spiro atoms. The molecule has 1 aliphatic carbocycles. The van der Waals surface area contributed by atoms with E-state index in [2.05, 4.69) is 15.3 Å². The van der Waals surface area contributed by atoms with Crippen molar-refractivity contribution in [2.75, 3.05) is 0 Å². The highest BCUT2D eigenvalue weighted by Crippen LogP contribution is 2.47. The second-order valence-electron chi connectivity index (χ2n) is 7.10. The summed E-state index contributed by atoms with van der Waals surface area (Å²) in [4.78, 5) is 32.5. The smallest absolute Gasteiger partial charge is 0.252 e. The van der Waals surface area contributed by atoms with Crippen molar-refractivity contribution in [2.24, 2.45) is 0 Å². The standard InChI is InChI=1S/C21H17FN4O2/c1-12(18-8-13(11-23)4-7-24-18)25-20(28)21(5-6-21)16-10-14-9-15(22)2-3-17(14)26-19(16)27/h2-4,7-10,12H,5-6H2,1H3,(H,25,28)(H,26,27)/t12-/m1/s1. The molecule has 1 aromatic carbocycles. The number of amides is 1. The Bertz CT molecular complexity index is 1190. The van der Waals surface area contributed by atoms with Gasteiger partial charge in [-0.3, -0.25) is 14.6 Å². The van der Waals surface area contributed by atoms with Gasteiger partial charge in [0.25, 0.3) is 5.56 Å². The van der Waals surface area contributed by atoms with Crippen LogP contribution in [0.15, 0.2) is 47.4 Å². The number of nitrogens with one attached hydrogen (secondary N) is 2. The van der Waals surface area contributed by atoms with Crippen LogP contribution in [0, 0.1) is 17.1 Å². The first-order chi connectivity index (χ1) is 13.4. The number of aromatic nitrogens is 2. The number of hydrogen-bond donors (Lipinski definition) is 2. The lowest BCUT2D eigenvalue weighted by Gasteiger charge is -2.19. The topological polar surface area (TPSA) is 98.6 Å². The molecule has 3 aromatic rings. The van der Waals surface area contributed by atoms with Gasteiger partial charge in [-0.05, 0) is 56.2 Å². The van der Waals surface area contributed by atoms with Gasteiger partial charge in [-0.1, -0.05) is 0 Å². The van der Waals surface area contributed by atoms with Crippen LogP contribution < -0.4 is 10.9 Å². The molecule has 1 atom stereocenters. The zero-order valence-corrected chi connectivity index (χ0v) is 15.1. The highest BCUT2D eigenvalue weighted by molar-refractivity contribution is 5.92. The van der Waals surface area contributed by atoms with Crippen molar-refractivity contribution >= 4 is 16.8 Å². The maximum atomic E-state index is 13.6. The normalized spacial score (nSPS) is 15.6. The van der Waals surface area contributed by atoms with Gasteiger partial charge in [0.15, 0.2) is 0 Å². The molecule has 1 aliphatic rings. The molecule has 7 heteroatoms. The number of carbonyl (C=O) groups excluding carboxylic acids is 1. The van der Waals surface area contributed by atoms with Gasteiger partial charge >= 0.3 is 0 Å². The molecule has 0 radical (unpaired) electrons. The molecule has 1 amide bonds. The van der Waals surface area contributed by atoms with E-state index in [1.54, 1.807) is 25.1 Å². The minimum atomic E-state index is -0.921. The summed E-state index contributed by atoms with van der Waals surface area (Å²) in [6.07, 6.45) is 2.61. The number of hydrogen-bond acceptors (Lipinski definition) is 4. The molecule has 2 heterocycles. The van der Waals surface area contributed by atoms with E-state index in [1.165, 1.54) is 24.4 Å². The quantitative estimate of drug-likeness (QED) is 0.731. The fraction of sp³-hybridized carbons (Fsp3) is 0.238. The zero-order valence-electron chi connectivity index (χ0n) is 15.1. The first-order valence-corrected chi connectivity index (χ1v) is 8.93. The van der Waals surface area contributed by atoms with Gasteiger partial charge in [0, 0.05) is 22.7 Å². The Hall–Kier alpha value is -3.53. The third-order valence-electron chi connectivity index (χ3n) is 5.21. The van der Waals surface area contributed by atoms with Crippen LogP contribution in [0.25, 0.3) is 10.9 Å². The number of benzene rings is 1. The van der Waals surface area contributed by atoms with E-state index >= 15 is 0 Å². The van der Waals surface area contributed by atoms with E-state index in [1.807, 2.05) is 6.07 Å². The lowest BCUT2D eigenvalue weighted by Crippen LogP contribution is -2.39. The second-order valence-corrected chi connectivity index (χ2v) is 7.10. The van der Waals surface area contributed by atoms with Crippen LogP contribution in [0.5, 0.6) is 0 Å². The van der Waals surface area contributed by atoms with Gasteiger partial charge in [-0.2, -0.15) is 5.26 Å². The average Bonchev–Trinajstić information content (AvgIpc) is 3.49. The Labute approximate surface area is 160 Å². The summed E-state index contributed by atoms with van der Waals surface area (Å²) in [6.45, 7) is 1.78. The van der Waals surface area contributed by atoms with Crippen LogP contribution in [-0.4, -0.2) is 15.9 Å². The molecule has 1 saturated carbocycles. The molecule has 2 aromatic heterocycles. The van der Waals surface area contributed by atoms with E-state index in [0.29, 0.717) is 40.6 Å². The highest BCUT2D eigenvalue weighted by Gasteiger charge is 2.53. The summed E-state index contributed by atoms with van der Waals surface area (Å²) in [6, 6.07) is 10.6. The van der Waals surface area contributed by atoms with Crippen molar-refractivity contribution in [3.63, 3.8) is 0 Å². The Kier molecular flexibility index (Phi) is 4.19. The van der Waals surface area contributed by atoms with Crippen molar-refractivity contribution < 1.29 is 9.18 Å². The third kappa shape index (κ3) is 3.03. The first kappa shape index (κ1) is 17.9. The van der Waals surface area contributed by atoms with E-state index in [4.69, 9.17) is 5.26 Å². The Morgan fingerprint density at radius 2 is 2.11 bits per heavy atom. The summed E-state index contributed by atoms with van der Waals surface area (Å²) in [7, 11) is 0. The molecule has 6 nitrogen and oxygen atoms in total. The first-order valence-electron chi connectivity index (χ1n) is 8.93. The van der Waals surface area contributed by atoms with Crippen molar-refractivity contribution in [3.05, 3.63) is 75.6 Å². The number of nitriles is 1. The van der Waals surface area contributed by atoms with Gasteiger partial charge in [0.05, 0.1) is 28.8 Å². The van der Waals surface area contributed by atoms with Crippen molar-refractivity contribution in [3.8, 4) is 6.07 Å². The number of carbonyl (C=O) groups is 1. The lowest BCUT2D eigenvalue weighted by atomic mass is 9.94. The molecule has 140 valence electrons. The number of rotatable bonds is 4. The van der Waals surface area contributed by atoms with Gasteiger partial charge < -0.3 is 10.3 Å². The Balaban J connectivity index is 1.64. The summed E-state index contributed by atoms with van der Waals surface area (Å²) in [5.74, 6) is -0.678. The second kappa shape index (κ2) is 6.57. The molecule has 0 aliphatic heterocycles. The summed E-state index contributed by atoms with van der Waals surface area (Å²) in [5.41, 5.74) is 0.628. The van der Waals surface area contributed by atoms with Crippen LogP contribution in [0.2, 0.25) is 0 Å². The van der Waals surface area contributed by atoms with Gasteiger partial charge in [0.1, 0.15) is 5.82 Å². The lowest BCUT2D eigenvalue weighted by molar-refractivity contribution is -0.124. The number of nitrogens with zero attached hydrogens (tertiary/aromatic N) is 2. The summed E-state index contributed by atoms with van der Waals surface area (Å²) >= 11 is 0. The molecular formula is C21H17FN4O2. The van der Waals surface area contributed by atoms with Crippen molar-refractivity contribution in [1.29, 1.82) is 5.26 Å². The maximum Gasteiger partial charge on any atom is 0.252 e. The number of H-pyrrole nitrogens is 1. The molecule has 1 fully saturated rings. The SMILES string of the molecule is C[C@@H](NC(=O)C1(c2cc3cc(F)ccc3[nH]c2=O)CC1)c1cc(C#N)ccn1. The van der Waals surface area contributed by atoms with Crippen LogP contribution in [0.3, 0.4) is 0 Å². The minimum absolute atomic E-state index is 0.273. The molecular weight excluding hydrogens is 359 g/mol. The average molecular weight is 376 g/mol. The van der Waals surface area contributed by atoms with Crippen LogP contribution in [-0.2, 0) is 10.2 Å². The predicted octanol–water partition coefficient (Wildman–Crippen LogP) is 2.84. The Morgan fingerprint density at radius 1 is 1.32 bits per heavy atom. The van der Waals surface area contributed by atoms with Gasteiger partial charge in [-0.15, -0.1) is 0 Å². The van der Waals surface area contributed by atoms with E-state index in [9.17, 15) is 14.0 Å². The molecule has 0 saturated heterocycles. The number of pyridine rings is 2. The fourth-order valence-electron chi connectivity index (χ4n) is 3.44. The predicted molar refractivity (Wildman–Crippen MR) is 101 cm³/mol. The molecule has 0 unspecified atom stereocenters. The third-order valence-corrected chi connectivity index (χ3v) is 5.21. The van der Waals surface area contributed by atoms with E-state index in [0.717, 1.165) is 0 Å². The molecule has 28 heavy (non-hydrogen) atoms. The number of halogens is 1. The fourth-order valence-corrected chi connectivity index (χ4v) is 3.44. The van der Waals surface area contributed by atoms with Crippen LogP contribution >= 0.6 is 0 Å². The maximum absolute atomic E-state index is 13.6. The van der Waals surface area contributed by atoms with E-state index in [-0.39, 0.29) is 11.5 Å². The summed E-state index contributed by atoms with van der Waals surface area (Å²) < 4.78 is 13.6. The monoisotopic (exact) mass is 376 g/mol. The van der Waals surface area contributed by atoms with Crippen molar-refractivity contribution in [2.45, 2.75) is 31.2 Å².